The molecule has 2 heterocycles. The third-order valence-electron chi connectivity index (χ3n) is 5.81. The molecule has 5 nitrogen and oxygen atoms in total. The number of nitrogens with zero attached hydrogens (tertiary/aromatic N) is 2. The van der Waals surface area contributed by atoms with Crippen molar-refractivity contribution in [3.05, 3.63) is 0 Å². The van der Waals surface area contributed by atoms with Gasteiger partial charge >= 0.3 is 0 Å². The van der Waals surface area contributed by atoms with Crippen LogP contribution in [0.1, 0.15) is 52.4 Å². The Labute approximate surface area is 147 Å². The molecule has 1 saturated carbocycles. The molecule has 3 fully saturated rings. The summed E-state index contributed by atoms with van der Waals surface area (Å²) in [4.78, 5) is 17.1. The first-order valence-corrected chi connectivity index (χ1v) is 9.98. The Morgan fingerprint density at radius 2 is 1.62 bits per heavy atom. The molecule has 1 aliphatic carbocycles. The van der Waals surface area contributed by atoms with Gasteiger partial charge in [-0.15, -0.1) is 0 Å². The summed E-state index contributed by atoms with van der Waals surface area (Å²) in [6, 6.07) is 0.445. The molecular weight excluding hydrogens is 302 g/mol. The fourth-order valence-electron chi connectivity index (χ4n) is 4.67. The van der Waals surface area contributed by atoms with E-state index < -0.39 is 0 Å². The van der Waals surface area contributed by atoms with E-state index in [1.165, 1.54) is 45.1 Å². The van der Waals surface area contributed by atoms with Crippen LogP contribution in [0.25, 0.3) is 0 Å². The zero-order valence-electron chi connectivity index (χ0n) is 15.5. The van der Waals surface area contributed by atoms with E-state index in [-0.39, 0.29) is 5.91 Å². The molecule has 0 aromatic rings. The Morgan fingerprint density at radius 1 is 1.00 bits per heavy atom. The number of hydrogen-bond donors (Lipinski definition) is 1. The largest absolute Gasteiger partial charge is 0.373 e. The molecule has 0 aromatic heterocycles. The molecule has 3 aliphatic rings. The second-order valence-corrected chi connectivity index (χ2v) is 8.24. The summed E-state index contributed by atoms with van der Waals surface area (Å²) < 4.78 is 5.83. The lowest BCUT2D eigenvalue weighted by atomic mass is 9.95. The maximum atomic E-state index is 12.2. The summed E-state index contributed by atoms with van der Waals surface area (Å²) in [5.74, 6) is 1.01. The number of piperidine rings is 1. The van der Waals surface area contributed by atoms with Gasteiger partial charge in [-0.2, -0.15) is 0 Å². The van der Waals surface area contributed by atoms with Crippen molar-refractivity contribution in [3.63, 3.8) is 0 Å². The molecule has 2 atom stereocenters. The van der Waals surface area contributed by atoms with Crippen molar-refractivity contribution in [2.75, 3.05) is 39.3 Å². The van der Waals surface area contributed by atoms with Gasteiger partial charge in [0, 0.05) is 25.7 Å². The first kappa shape index (κ1) is 18.2. The van der Waals surface area contributed by atoms with E-state index in [0.29, 0.717) is 24.8 Å². The van der Waals surface area contributed by atoms with Crippen molar-refractivity contribution in [2.24, 2.45) is 5.92 Å². The number of carbonyl (C=O) groups is 1. The second kappa shape index (κ2) is 8.63. The zero-order valence-corrected chi connectivity index (χ0v) is 15.5. The van der Waals surface area contributed by atoms with Crippen molar-refractivity contribution in [3.8, 4) is 0 Å². The molecular formula is C19H35N3O2. The van der Waals surface area contributed by atoms with Crippen molar-refractivity contribution < 1.29 is 9.53 Å². The third kappa shape index (κ3) is 5.43. The minimum atomic E-state index is 0.233. The highest BCUT2D eigenvalue weighted by Crippen LogP contribution is 2.21. The number of hydrogen-bond acceptors (Lipinski definition) is 4. The van der Waals surface area contributed by atoms with Gasteiger partial charge in [0.15, 0.2) is 0 Å². The van der Waals surface area contributed by atoms with E-state index in [1.807, 2.05) is 0 Å². The normalized spacial score (nSPS) is 31.4. The molecule has 0 aromatic carbocycles. The van der Waals surface area contributed by atoms with E-state index in [2.05, 4.69) is 29.0 Å². The van der Waals surface area contributed by atoms with Crippen LogP contribution >= 0.6 is 0 Å². The van der Waals surface area contributed by atoms with E-state index >= 15 is 0 Å². The number of morpholine rings is 1. The number of carbonyl (C=O) groups excluding carboxylic acids is 1. The molecule has 24 heavy (non-hydrogen) atoms. The lowest BCUT2D eigenvalue weighted by Crippen LogP contribution is -2.49. The number of nitrogens with one attached hydrogen (secondary N) is 1. The minimum absolute atomic E-state index is 0.233. The van der Waals surface area contributed by atoms with Crippen LogP contribution in [-0.4, -0.2) is 73.2 Å². The van der Waals surface area contributed by atoms with Gasteiger partial charge in [0.1, 0.15) is 0 Å². The second-order valence-electron chi connectivity index (χ2n) is 8.24. The molecule has 2 saturated heterocycles. The highest BCUT2D eigenvalue weighted by molar-refractivity contribution is 5.78. The molecule has 0 spiro atoms. The van der Waals surface area contributed by atoms with Gasteiger partial charge in [0.05, 0.1) is 18.8 Å². The van der Waals surface area contributed by atoms with Crippen LogP contribution in [0.5, 0.6) is 0 Å². The molecule has 3 rings (SSSR count). The predicted molar refractivity (Wildman–Crippen MR) is 96.0 cm³/mol. The summed E-state index contributed by atoms with van der Waals surface area (Å²) in [7, 11) is 0. The molecule has 1 N–H and O–H groups in total. The standard InChI is InChI=1S/C19H35N3O2/c1-15-11-22(12-16(2)24-15)13-17-7-9-21(10-8-17)14-19(23)20-18-5-3-4-6-18/h15-18H,3-14H2,1-2H3,(H,20,23)/t15-,16-/m1/s1. The quantitative estimate of drug-likeness (QED) is 0.832. The van der Waals surface area contributed by atoms with Gasteiger partial charge in [0.2, 0.25) is 5.91 Å². The maximum Gasteiger partial charge on any atom is 0.234 e. The van der Waals surface area contributed by atoms with Crippen LogP contribution in [0.4, 0.5) is 0 Å². The smallest absolute Gasteiger partial charge is 0.234 e. The Balaban J connectivity index is 1.34. The number of rotatable bonds is 5. The lowest BCUT2D eigenvalue weighted by Gasteiger charge is -2.39. The van der Waals surface area contributed by atoms with Crippen LogP contribution in [0, 0.1) is 5.92 Å². The van der Waals surface area contributed by atoms with Crippen LogP contribution in [-0.2, 0) is 9.53 Å². The van der Waals surface area contributed by atoms with Crippen LogP contribution in [0.2, 0.25) is 0 Å². The Hall–Kier alpha value is -0.650. The van der Waals surface area contributed by atoms with E-state index in [4.69, 9.17) is 4.74 Å². The fourth-order valence-corrected chi connectivity index (χ4v) is 4.67. The van der Waals surface area contributed by atoms with Crippen molar-refractivity contribution >= 4 is 5.91 Å². The van der Waals surface area contributed by atoms with Crippen LogP contribution in [0.15, 0.2) is 0 Å². The van der Waals surface area contributed by atoms with E-state index in [9.17, 15) is 4.79 Å². The summed E-state index contributed by atoms with van der Waals surface area (Å²) in [5, 5.41) is 3.21. The first-order valence-electron chi connectivity index (χ1n) is 9.98. The van der Waals surface area contributed by atoms with Gasteiger partial charge in [-0.05, 0) is 58.5 Å². The SMILES string of the molecule is C[C@@H]1CN(CC2CCN(CC(=O)NC3CCCC3)CC2)C[C@@H](C)O1. The average Bonchev–Trinajstić information content (AvgIpc) is 3.01. The highest BCUT2D eigenvalue weighted by Gasteiger charge is 2.27. The van der Waals surface area contributed by atoms with Crippen LogP contribution in [0.3, 0.4) is 0 Å². The monoisotopic (exact) mass is 337 g/mol. The summed E-state index contributed by atoms with van der Waals surface area (Å²) >= 11 is 0. The molecule has 0 radical (unpaired) electrons. The van der Waals surface area contributed by atoms with E-state index in [0.717, 1.165) is 32.1 Å². The lowest BCUT2D eigenvalue weighted by molar-refractivity contribution is -0.123. The maximum absolute atomic E-state index is 12.2. The van der Waals surface area contributed by atoms with Gasteiger partial charge in [-0.1, -0.05) is 12.8 Å². The molecule has 138 valence electrons. The summed E-state index contributed by atoms with van der Waals surface area (Å²) in [6.07, 6.45) is 8.04. The molecule has 0 bridgehead atoms. The van der Waals surface area contributed by atoms with Gasteiger partial charge in [0.25, 0.3) is 0 Å². The highest BCUT2D eigenvalue weighted by atomic mass is 16.5. The Bertz CT molecular complexity index is 393. The predicted octanol–water partition coefficient (Wildman–Crippen LogP) is 1.87. The zero-order chi connectivity index (χ0) is 16.9. The molecule has 2 aliphatic heterocycles. The number of ether oxygens (including phenoxy) is 1. The third-order valence-corrected chi connectivity index (χ3v) is 5.81. The van der Waals surface area contributed by atoms with E-state index in [1.54, 1.807) is 0 Å². The Kier molecular flexibility index (Phi) is 6.53. The number of amides is 1. The van der Waals surface area contributed by atoms with Gasteiger partial charge < -0.3 is 10.1 Å². The molecule has 1 amide bonds. The molecule has 5 heteroatoms. The van der Waals surface area contributed by atoms with Crippen molar-refractivity contribution in [2.45, 2.75) is 70.6 Å². The topological polar surface area (TPSA) is 44.8 Å². The van der Waals surface area contributed by atoms with Gasteiger partial charge in [-0.25, -0.2) is 0 Å². The first-order chi connectivity index (χ1) is 11.6. The number of likely N-dealkylation sites (tertiary alicyclic amines) is 1. The van der Waals surface area contributed by atoms with Crippen molar-refractivity contribution in [1.82, 2.24) is 15.1 Å². The summed E-state index contributed by atoms with van der Waals surface area (Å²) in [5.41, 5.74) is 0. The fraction of sp³-hybridized carbons (Fsp3) is 0.947. The Morgan fingerprint density at radius 3 is 2.25 bits per heavy atom. The minimum Gasteiger partial charge on any atom is -0.373 e. The van der Waals surface area contributed by atoms with Crippen molar-refractivity contribution in [1.29, 1.82) is 0 Å². The summed E-state index contributed by atoms with van der Waals surface area (Å²) in [6.45, 7) is 10.4. The van der Waals surface area contributed by atoms with Crippen LogP contribution < -0.4 is 5.32 Å². The van der Waals surface area contributed by atoms with Gasteiger partial charge in [-0.3, -0.25) is 14.6 Å². The molecule has 0 unspecified atom stereocenters. The average molecular weight is 338 g/mol.